The first kappa shape index (κ1) is 18.5. The molecule has 0 aliphatic carbocycles. The number of carbonyl (C=O) groups excluding carboxylic acids is 1. The fraction of sp³-hybridized carbons (Fsp3) is 0.875. The Kier molecular flexibility index (Phi) is 7.74. The van der Waals surface area contributed by atoms with E-state index in [1.54, 1.807) is 5.32 Å². The van der Waals surface area contributed by atoms with E-state index in [1.807, 2.05) is 0 Å². The zero-order valence-corrected chi connectivity index (χ0v) is 12.6. The van der Waals surface area contributed by atoms with Crippen LogP contribution >= 0.6 is 15.4 Å². The summed E-state index contributed by atoms with van der Waals surface area (Å²) in [6, 6.07) is 0. The lowest BCUT2D eigenvalue weighted by atomic mass is 10.9. The van der Waals surface area contributed by atoms with Crippen molar-refractivity contribution >= 4 is 21.5 Å². The van der Waals surface area contributed by atoms with Crippen LogP contribution in [0.15, 0.2) is 0 Å². The number of hydrogen-bond acceptors (Lipinski definition) is 6. The molecule has 0 aliphatic rings. The van der Waals surface area contributed by atoms with Gasteiger partial charge in [0.15, 0.2) is 0 Å². The van der Waals surface area contributed by atoms with Crippen LogP contribution in [0.4, 0.5) is 13.2 Å². The molecular formula is C8H17F2NO6P2. The summed E-state index contributed by atoms with van der Waals surface area (Å²) in [5.41, 5.74) is -2.54. The number of halogens is 2. The number of amides is 1. The minimum atomic E-state index is -5.21. The Hall–Kier alpha value is -0.490. The van der Waals surface area contributed by atoms with Crippen molar-refractivity contribution in [3.63, 3.8) is 0 Å². The largest absolute Gasteiger partial charge is 0.450 e. The highest BCUT2D eigenvalue weighted by Gasteiger charge is 2.51. The van der Waals surface area contributed by atoms with Crippen LogP contribution in [0, 0.1) is 0 Å². The summed E-state index contributed by atoms with van der Waals surface area (Å²) >= 11 is 0. The van der Waals surface area contributed by atoms with Gasteiger partial charge in [0, 0.05) is 0 Å². The molecule has 0 fully saturated rings. The zero-order valence-electron chi connectivity index (χ0n) is 10.8. The van der Waals surface area contributed by atoms with E-state index in [4.69, 9.17) is 0 Å². The van der Waals surface area contributed by atoms with Gasteiger partial charge in [-0.1, -0.05) is 0 Å². The van der Waals surface area contributed by atoms with Crippen LogP contribution in [0.25, 0.3) is 0 Å². The minimum absolute atomic E-state index is 0.0883. The maximum absolute atomic E-state index is 13.7. The van der Waals surface area contributed by atoms with Gasteiger partial charge in [-0.25, -0.2) is 4.79 Å². The van der Waals surface area contributed by atoms with Gasteiger partial charge >= 0.3 is 21.5 Å². The third-order valence-electron chi connectivity index (χ3n) is 1.72. The van der Waals surface area contributed by atoms with E-state index in [2.05, 4.69) is 13.8 Å². The van der Waals surface area contributed by atoms with Crippen LogP contribution in [0.3, 0.4) is 0 Å². The normalized spacial score (nSPS) is 19.0. The lowest BCUT2D eigenvalue weighted by Crippen LogP contribution is -2.34. The van der Waals surface area contributed by atoms with Crippen LogP contribution in [0.2, 0.25) is 0 Å². The standard InChI is InChI=1S/C8H17F2NO6P2/c1-4-15-7(12)11-8(18(9,13)16-5-2)19(10,14)17-6-3/h8H,4-6H2,1-3H3,(H,11,12). The van der Waals surface area contributed by atoms with Crippen molar-refractivity contribution in [2.24, 2.45) is 0 Å². The lowest BCUT2D eigenvalue weighted by Gasteiger charge is -2.23. The number of nitrogens with one attached hydrogen (secondary N) is 1. The molecule has 114 valence electrons. The average molecular weight is 323 g/mol. The van der Waals surface area contributed by atoms with Gasteiger partial charge in [-0.3, -0.25) is 14.4 Å². The van der Waals surface area contributed by atoms with Crippen molar-refractivity contribution in [3.8, 4) is 0 Å². The molecule has 7 nitrogen and oxygen atoms in total. The first-order chi connectivity index (χ1) is 8.71. The number of alkyl carbamates (subject to hydrolysis) is 1. The molecule has 2 unspecified atom stereocenters. The Balaban J connectivity index is 5.20. The molecule has 0 saturated carbocycles. The Morgan fingerprint density at radius 1 is 1.05 bits per heavy atom. The molecule has 1 amide bonds. The number of rotatable bonds is 8. The number of hydrogen-bond donors (Lipinski definition) is 1. The number of carbonyl (C=O) groups is 1. The van der Waals surface area contributed by atoms with Gasteiger partial charge in [-0.05, 0) is 20.8 Å². The predicted octanol–water partition coefficient (Wildman–Crippen LogP) is 3.41. The first-order valence-corrected chi connectivity index (χ1v) is 8.69. The maximum atomic E-state index is 13.7. The summed E-state index contributed by atoms with van der Waals surface area (Å²) in [4.78, 5) is 11.1. The highest BCUT2D eigenvalue weighted by atomic mass is 31.3. The summed E-state index contributed by atoms with van der Waals surface area (Å²) < 4.78 is 63.4. The summed E-state index contributed by atoms with van der Waals surface area (Å²) in [5.74, 6) is 0. The molecule has 0 bridgehead atoms. The Bertz CT molecular complexity index is 367. The third-order valence-corrected chi connectivity index (χ3v) is 6.02. The summed E-state index contributed by atoms with van der Waals surface area (Å²) in [7, 11) is -10.4. The van der Waals surface area contributed by atoms with Crippen LogP contribution < -0.4 is 5.32 Å². The molecule has 0 spiro atoms. The van der Waals surface area contributed by atoms with Crippen LogP contribution in [-0.4, -0.2) is 31.4 Å². The second kappa shape index (κ2) is 7.94. The molecule has 1 N–H and O–H groups in total. The highest BCUT2D eigenvalue weighted by Crippen LogP contribution is 2.69. The molecule has 0 radical (unpaired) electrons. The van der Waals surface area contributed by atoms with E-state index in [0.29, 0.717) is 0 Å². The monoisotopic (exact) mass is 323 g/mol. The van der Waals surface area contributed by atoms with Gasteiger partial charge in [0.1, 0.15) is 0 Å². The summed E-state index contributed by atoms with van der Waals surface area (Å²) in [5, 5.41) is 1.58. The molecule has 2 atom stereocenters. The van der Waals surface area contributed by atoms with Crippen molar-refractivity contribution in [2.75, 3.05) is 19.8 Å². The van der Waals surface area contributed by atoms with E-state index in [0.717, 1.165) is 0 Å². The summed E-state index contributed by atoms with van der Waals surface area (Å²) in [6.07, 6.45) is -1.28. The molecule has 0 rings (SSSR count). The molecule has 19 heavy (non-hydrogen) atoms. The van der Waals surface area contributed by atoms with Crippen LogP contribution in [0.1, 0.15) is 20.8 Å². The third kappa shape index (κ3) is 5.99. The minimum Gasteiger partial charge on any atom is -0.450 e. The predicted molar refractivity (Wildman–Crippen MR) is 64.6 cm³/mol. The zero-order chi connectivity index (χ0) is 15.1. The topological polar surface area (TPSA) is 90.9 Å². The molecular weight excluding hydrogens is 306 g/mol. The van der Waals surface area contributed by atoms with E-state index in [1.165, 1.54) is 20.8 Å². The highest BCUT2D eigenvalue weighted by molar-refractivity contribution is 7.72. The molecule has 11 heteroatoms. The van der Waals surface area contributed by atoms with Gasteiger partial charge in [-0.15, -0.1) is 0 Å². The fourth-order valence-corrected chi connectivity index (χ4v) is 4.31. The van der Waals surface area contributed by atoms with Crippen molar-refractivity contribution in [1.82, 2.24) is 5.32 Å². The smallest absolute Gasteiger partial charge is 0.408 e. The lowest BCUT2D eigenvalue weighted by molar-refractivity contribution is 0.150. The maximum Gasteiger partial charge on any atom is 0.408 e. The molecule has 0 aromatic carbocycles. The SMILES string of the molecule is CCOC(=O)NC(P(=O)(F)OCC)P(=O)(F)OCC. The van der Waals surface area contributed by atoms with Crippen molar-refractivity contribution < 1.29 is 36.1 Å². The average Bonchev–Trinajstić information content (AvgIpc) is 2.25. The molecule has 0 aromatic heterocycles. The second-order valence-corrected chi connectivity index (χ2v) is 7.16. The van der Waals surface area contributed by atoms with Gasteiger partial charge < -0.3 is 13.8 Å². The fourth-order valence-electron chi connectivity index (χ4n) is 1.09. The van der Waals surface area contributed by atoms with Gasteiger partial charge in [-0.2, -0.15) is 8.39 Å². The van der Waals surface area contributed by atoms with Crippen LogP contribution in [0.5, 0.6) is 0 Å². The van der Waals surface area contributed by atoms with Crippen molar-refractivity contribution in [2.45, 2.75) is 26.3 Å². The molecule has 0 heterocycles. The van der Waals surface area contributed by atoms with E-state index in [9.17, 15) is 22.3 Å². The second-order valence-electron chi connectivity index (χ2n) is 3.12. The number of ether oxygens (including phenoxy) is 1. The summed E-state index contributed by atoms with van der Waals surface area (Å²) in [6.45, 7) is 3.25. The molecule has 0 aromatic rings. The Morgan fingerprint density at radius 3 is 1.79 bits per heavy atom. The first-order valence-electron chi connectivity index (χ1n) is 5.52. The van der Waals surface area contributed by atoms with Crippen molar-refractivity contribution in [3.05, 3.63) is 0 Å². The van der Waals surface area contributed by atoms with Gasteiger partial charge in [0.25, 0.3) is 0 Å². The Labute approximate surface area is 110 Å². The van der Waals surface area contributed by atoms with E-state index >= 15 is 0 Å². The van der Waals surface area contributed by atoms with E-state index < -0.39 is 27.0 Å². The van der Waals surface area contributed by atoms with Gasteiger partial charge in [0.05, 0.1) is 19.8 Å². The Morgan fingerprint density at radius 2 is 1.47 bits per heavy atom. The molecule has 0 aliphatic heterocycles. The van der Waals surface area contributed by atoms with Gasteiger partial charge in [0.2, 0.25) is 5.52 Å². The van der Waals surface area contributed by atoms with Crippen molar-refractivity contribution in [1.29, 1.82) is 0 Å². The van der Waals surface area contributed by atoms with E-state index in [-0.39, 0.29) is 19.8 Å². The quantitative estimate of drug-likeness (QED) is 0.688. The molecule has 0 saturated heterocycles. The van der Waals surface area contributed by atoms with Crippen LogP contribution in [-0.2, 0) is 22.9 Å².